The van der Waals surface area contributed by atoms with Gasteiger partial charge in [-0.1, -0.05) is 60.7 Å². The van der Waals surface area contributed by atoms with Crippen LogP contribution in [0, 0.1) is 0 Å². The zero-order valence-electron chi connectivity index (χ0n) is 15.3. The van der Waals surface area contributed by atoms with Crippen LogP contribution in [0.4, 0.5) is 0 Å². The van der Waals surface area contributed by atoms with Crippen molar-refractivity contribution in [1.29, 1.82) is 0 Å². The first-order valence-corrected chi connectivity index (χ1v) is 8.14. The molecule has 0 aliphatic rings. The maximum atomic E-state index is 13.2. The number of carbonyl (C=O) groups is 1. The van der Waals surface area contributed by atoms with Gasteiger partial charge < -0.3 is 31.5 Å². The largest absolute Gasteiger partial charge is 1.00 e. The van der Waals surface area contributed by atoms with Gasteiger partial charge in [-0.05, 0) is 11.1 Å². The lowest BCUT2D eigenvalue weighted by atomic mass is 9.85. The Balaban J connectivity index is 0.00000312. The first-order valence-electron chi connectivity index (χ1n) is 8.14. The van der Waals surface area contributed by atoms with E-state index >= 15 is 0 Å². The third-order valence-electron chi connectivity index (χ3n) is 4.15. The van der Waals surface area contributed by atoms with E-state index in [9.17, 15) is 9.90 Å². The van der Waals surface area contributed by atoms with E-state index in [-0.39, 0.29) is 22.9 Å². The topological polar surface area (TPSA) is 40.5 Å². The first kappa shape index (κ1) is 21.4. The molecule has 0 saturated carbocycles. The molecule has 0 spiro atoms. The number of likely N-dealkylation sites (N-methyl/N-ethyl adjacent to an activating group) is 2. The van der Waals surface area contributed by atoms with Crippen LogP contribution in [0.15, 0.2) is 60.7 Å². The van der Waals surface area contributed by atoms with Crippen LogP contribution in [-0.2, 0) is 10.4 Å². The summed E-state index contributed by atoms with van der Waals surface area (Å²) in [5, 5.41) is 11.4. The Kier molecular flexibility index (Phi) is 7.35. The molecular formula is C20H27BrN2O2. The fraction of sp³-hybridized carbons (Fsp3) is 0.350. The van der Waals surface area contributed by atoms with Crippen molar-refractivity contribution in [3.63, 3.8) is 0 Å². The molecule has 1 N–H and O–H groups in total. The summed E-state index contributed by atoms with van der Waals surface area (Å²) >= 11 is 0. The molecule has 25 heavy (non-hydrogen) atoms. The Morgan fingerprint density at radius 2 is 1.36 bits per heavy atom. The third kappa shape index (κ3) is 5.14. The van der Waals surface area contributed by atoms with Gasteiger partial charge in [0.15, 0.2) is 5.60 Å². The van der Waals surface area contributed by atoms with Crippen molar-refractivity contribution < 1.29 is 31.4 Å². The molecule has 0 heterocycles. The van der Waals surface area contributed by atoms with Crippen molar-refractivity contribution in [3.05, 3.63) is 71.8 Å². The van der Waals surface area contributed by atoms with Gasteiger partial charge in [0, 0.05) is 7.05 Å². The second kappa shape index (κ2) is 8.61. The van der Waals surface area contributed by atoms with E-state index in [2.05, 4.69) is 21.1 Å². The highest BCUT2D eigenvalue weighted by Crippen LogP contribution is 2.31. The molecule has 4 nitrogen and oxygen atoms in total. The zero-order valence-corrected chi connectivity index (χ0v) is 16.9. The summed E-state index contributed by atoms with van der Waals surface area (Å²) in [4.78, 5) is 14.8. The summed E-state index contributed by atoms with van der Waals surface area (Å²) < 4.78 is 0.757. The maximum absolute atomic E-state index is 13.2. The van der Waals surface area contributed by atoms with E-state index < -0.39 is 5.60 Å². The summed E-state index contributed by atoms with van der Waals surface area (Å²) in [5.41, 5.74) is -0.515. The van der Waals surface area contributed by atoms with Crippen LogP contribution in [-0.4, -0.2) is 61.7 Å². The second-order valence-electron chi connectivity index (χ2n) is 7.18. The molecule has 0 radical (unpaired) electrons. The fourth-order valence-corrected chi connectivity index (χ4v) is 2.60. The number of nitrogens with zero attached hydrogens (tertiary/aromatic N) is 2. The normalized spacial score (nSPS) is 11.6. The third-order valence-corrected chi connectivity index (χ3v) is 4.15. The van der Waals surface area contributed by atoms with Crippen LogP contribution < -0.4 is 17.0 Å². The monoisotopic (exact) mass is 406 g/mol. The van der Waals surface area contributed by atoms with E-state index in [0.717, 1.165) is 11.0 Å². The summed E-state index contributed by atoms with van der Waals surface area (Å²) in [7, 11) is 7.99. The SMILES string of the molecule is CN(CC[N+](C)(C)C)C(=O)C(O)(c1ccccc1)c1ccccc1.[Br-]. The van der Waals surface area contributed by atoms with Gasteiger partial charge in [0.05, 0.1) is 34.2 Å². The molecule has 0 aliphatic heterocycles. The number of amides is 1. The number of carbonyl (C=O) groups excluding carboxylic acids is 1. The molecule has 0 atom stereocenters. The van der Waals surface area contributed by atoms with E-state index in [1.165, 1.54) is 0 Å². The van der Waals surface area contributed by atoms with Crippen LogP contribution in [0.5, 0.6) is 0 Å². The number of aliphatic hydroxyl groups is 1. The van der Waals surface area contributed by atoms with Crippen molar-refractivity contribution in [1.82, 2.24) is 4.90 Å². The quantitative estimate of drug-likeness (QED) is 0.631. The maximum Gasteiger partial charge on any atom is 0.263 e. The molecule has 0 unspecified atom stereocenters. The van der Waals surface area contributed by atoms with E-state index in [0.29, 0.717) is 17.7 Å². The predicted octanol–water partition coefficient (Wildman–Crippen LogP) is -0.909. The van der Waals surface area contributed by atoms with Crippen molar-refractivity contribution in [2.75, 3.05) is 41.3 Å². The van der Waals surface area contributed by atoms with Gasteiger partial charge in [0.25, 0.3) is 5.91 Å². The molecule has 0 aromatic heterocycles. The highest BCUT2D eigenvalue weighted by molar-refractivity contribution is 5.90. The Hall–Kier alpha value is -1.69. The Morgan fingerprint density at radius 1 is 0.960 bits per heavy atom. The Bertz CT molecular complexity index is 630. The van der Waals surface area contributed by atoms with E-state index in [1.807, 2.05) is 36.4 Å². The molecule has 2 aromatic carbocycles. The minimum Gasteiger partial charge on any atom is -1.00 e. The lowest BCUT2D eigenvalue weighted by Gasteiger charge is -2.34. The van der Waals surface area contributed by atoms with E-state index in [4.69, 9.17) is 0 Å². The van der Waals surface area contributed by atoms with Crippen molar-refractivity contribution in [2.24, 2.45) is 0 Å². The molecule has 0 aliphatic carbocycles. The van der Waals surface area contributed by atoms with Gasteiger partial charge in [-0.25, -0.2) is 0 Å². The number of hydrogen-bond acceptors (Lipinski definition) is 2. The van der Waals surface area contributed by atoms with Gasteiger partial charge in [-0.15, -0.1) is 0 Å². The fourth-order valence-electron chi connectivity index (χ4n) is 2.60. The molecule has 0 saturated heterocycles. The molecule has 136 valence electrons. The van der Waals surface area contributed by atoms with Crippen molar-refractivity contribution >= 4 is 5.91 Å². The summed E-state index contributed by atoms with van der Waals surface area (Å²) in [6.45, 7) is 1.38. The second-order valence-corrected chi connectivity index (χ2v) is 7.18. The van der Waals surface area contributed by atoms with Gasteiger partial charge in [-0.2, -0.15) is 0 Å². The molecule has 1 amide bonds. The van der Waals surface area contributed by atoms with Gasteiger partial charge >= 0.3 is 0 Å². The molecule has 0 fully saturated rings. The standard InChI is InChI=1S/C20H27N2O2.BrH/c1-21(15-16-22(2,3)4)19(23)20(24,17-11-7-5-8-12-17)18-13-9-6-10-14-18;/h5-14,24H,15-16H2,1-4H3;1H/q+1;/p-1. The average molecular weight is 407 g/mol. The predicted molar refractivity (Wildman–Crippen MR) is 96.4 cm³/mol. The molecule has 5 heteroatoms. The number of hydrogen-bond donors (Lipinski definition) is 1. The summed E-state index contributed by atoms with van der Waals surface area (Å²) in [6.07, 6.45) is 0. The highest BCUT2D eigenvalue weighted by atomic mass is 79.9. The zero-order chi connectivity index (χ0) is 17.8. The average Bonchev–Trinajstić information content (AvgIpc) is 2.59. The minimum absolute atomic E-state index is 0. The first-order chi connectivity index (χ1) is 11.2. The van der Waals surface area contributed by atoms with E-state index in [1.54, 1.807) is 36.2 Å². The Morgan fingerprint density at radius 3 is 1.72 bits per heavy atom. The van der Waals surface area contributed by atoms with Gasteiger partial charge in [-0.3, -0.25) is 4.79 Å². The molecular weight excluding hydrogens is 380 g/mol. The highest BCUT2D eigenvalue weighted by Gasteiger charge is 2.41. The molecule has 0 bridgehead atoms. The lowest BCUT2D eigenvalue weighted by molar-refractivity contribution is -0.869. The number of halogens is 1. The van der Waals surface area contributed by atoms with Crippen molar-refractivity contribution in [2.45, 2.75) is 5.60 Å². The van der Waals surface area contributed by atoms with Crippen LogP contribution in [0.3, 0.4) is 0 Å². The van der Waals surface area contributed by atoms with Crippen LogP contribution in [0.1, 0.15) is 11.1 Å². The number of benzene rings is 2. The molecule has 2 aromatic rings. The summed E-state index contributed by atoms with van der Waals surface area (Å²) in [5.74, 6) is -0.312. The number of rotatable bonds is 6. The minimum atomic E-state index is -1.68. The van der Waals surface area contributed by atoms with Crippen LogP contribution >= 0.6 is 0 Å². The Labute approximate surface area is 161 Å². The van der Waals surface area contributed by atoms with Crippen LogP contribution in [0.2, 0.25) is 0 Å². The smallest absolute Gasteiger partial charge is 0.263 e. The summed E-state index contributed by atoms with van der Waals surface area (Å²) in [6, 6.07) is 18.3. The van der Waals surface area contributed by atoms with Crippen LogP contribution in [0.25, 0.3) is 0 Å². The van der Waals surface area contributed by atoms with Gasteiger partial charge in [0.1, 0.15) is 0 Å². The van der Waals surface area contributed by atoms with Gasteiger partial charge in [0.2, 0.25) is 0 Å². The van der Waals surface area contributed by atoms with Crippen molar-refractivity contribution in [3.8, 4) is 0 Å². The lowest BCUT2D eigenvalue weighted by Crippen LogP contribution is -3.00. The molecule has 2 rings (SSSR count). The number of quaternary nitrogens is 1.